The molecule has 17 heavy (non-hydrogen) atoms. The molecule has 0 saturated carbocycles. The van der Waals surface area contributed by atoms with Gasteiger partial charge in [-0.3, -0.25) is 9.78 Å². The van der Waals surface area contributed by atoms with Gasteiger partial charge in [-0.1, -0.05) is 0 Å². The molecule has 0 bridgehead atoms. The highest BCUT2D eigenvalue weighted by molar-refractivity contribution is 9.10. The third kappa shape index (κ3) is 3.19. The number of likely N-dealkylation sites (N-methyl/N-ethyl adjacent to an activating group) is 1. The monoisotopic (exact) mass is 297 g/mol. The minimum Gasteiger partial charge on any atom is -0.372 e. The Morgan fingerprint density at radius 3 is 3.00 bits per heavy atom. The summed E-state index contributed by atoms with van der Waals surface area (Å²) in [5.74, 6) is 0.283. The molecule has 1 aromatic heterocycles. The van der Waals surface area contributed by atoms with Crippen LogP contribution in [0.2, 0.25) is 0 Å². The Labute approximate surface area is 110 Å². The van der Waals surface area contributed by atoms with Crippen molar-refractivity contribution in [2.24, 2.45) is 0 Å². The maximum absolute atomic E-state index is 11.5. The van der Waals surface area contributed by atoms with Gasteiger partial charge in [0.2, 0.25) is 5.91 Å². The molecule has 1 saturated heterocycles. The Morgan fingerprint density at radius 1 is 1.53 bits per heavy atom. The van der Waals surface area contributed by atoms with Crippen molar-refractivity contribution in [3.63, 3.8) is 0 Å². The Morgan fingerprint density at radius 2 is 2.35 bits per heavy atom. The van der Waals surface area contributed by atoms with Crippen LogP contribution in [0.1, 0.15) is 12.8 Å². The number of carbonyl (C=O) groups is 1. The zero-order valence-electron chi connectivity index (χ0n) is 9.90. The van der Waals surface area contributed by atoms with Gasteiger partial charge in [0.15, 0.2) is 0 Å². The van der Waals surface area contributed by atoms with Crippen LogP contribution in [0.15, 0.2) is 22.9 Å². The summed E-state index contributed by atoms with van der Waals surface area (Å²) in [6, 6.07) is 2.03. The molecule has 0 unspecified atom stereocenters. The molecule has 0 N–H and O–H groups in total. The summed E-state index contributed by atoms with van der Waals surface area (Å²) in [5, 5.41) is 0. The number of nitrogens with zero attached hydrogens (tertiary/aromatic N) is 3. The fourth-order valence-corrected chi connectivity index (χ4v) is 2.30. The largest absolute Gasteiger partial charge is 0.372 e. The average Bonchev–Trinajstić information content (AvgIpc) is 2.72. The summed E-state index contributed by atoms with van der Waals surface area (Å²) in [7, 11) is 2.02. The lowest BCUT2D eigenvalue weighted by Gasteiger charge is -2.23. The molecule has 5 heteroatoms. The molecule has 0 radical (unpaired) electrons. The van der Waals surface area contributed by atoms with Gasteiger partial charge in [0.25, 0.3) is 0 Å². The molecule has 0 aliphatic carbocycles. The van der Waals surface area contributed by atoms with E-state index in [1.165, 1.54) is 0 Å². The number of carbonyl (C=O) groups excluding carboxylic acids is 1. The smallest absolute Gasteiger partial charge is 0.222 e. The number of halogens is 1. The minimum absolute atomic E-state index is 0.283. The van der Waals surface area contributed by atoms with E-state index in [9.17, 15) is 4.79 Å². The van der Waals surface area contributed by atoms with Crippen molar-refractivity contribution in [1.82, 2.24) is 9.88 Å². The third-order valence-corrected chi connectivity index (χ3v) is 3.44. The summed E-state index contributed by atoms with van der Waals surface area (Å²) in [5.41, 5.74) is 1.06. The molecular weight excluding hydrogens is 282 g/mol. The molecule has 1 aliphatic rings. The molecular formula is C12H16BrN3O. The number of hydrogen-bond donors (Lipinski definition) is 0. The number of anilines is 1. The molecule has 0 aromatic carbocycles. The average molecular weight is 298 g/mol. The number of rotatable bonds is 4. The van der Waals surface area contributed by atoms with Crippen molar-refractivity contribution in [1.29, 1.82) is 0 Å². The predicted octanol–water partition coefficient (Wildman–Crippen LogP) is 1.90. The van der Waals surface area contributed by atoms with Crippen molar-refractivity contribution in [3.8, 4) is 0 Å². The number of aromatic nitrogens is 1. The fraction of sp³-hybridized carbons (Fsp3) is 0.500. The summed E-state index contributed by atoms with van der Waals surface area (Å²) < 4.78 is 0.971. The van der Waals surface area contributed by atoms with Gasteiger partial charge < -0.3 is 9.80 Å². The van der Waals surface area contributed by atoms with Gasteiger partial charge in [-0.15, -0.1) is 0 Å². The molecule has 0 spiro atoms. The maximum atomic E-state index is 11.5. The van der Waals surface area contributed by atoms with E-state index in [2.05, 4.69) is 25.8 Å². The topological polar surface area (TPSA) is 36.4 Å². The highest BCUT2D eigenvalue weighted by Gasteiger charge is 2.19. The second-order valence-electron chi connectivity index (χ2n) is 4.27. The van der Waals surface area contributed by atoms with Crippen molar-refractivity contribution in [2.45, 2.75) is 12.8 Å². The van der Waals surface area contributed by atoms with Crippen molar-refractivity contribution in [2.75, 3.05) is 31.6 Å². The highest BCUT2D eigenvalue weighted by Crippen LogP contribution is 2.17. The van der Waals surface area contributed by atoms with E-state index in [1.54, 1.807) is 6.20 Å². The van der Waals surface area contributed by atoms with Crippen LogP contribution >= 0.6 is 15.9 Å². The quantitative estimate of drug-likeness (QED) is 0.852. The first-order valence-corrected chi connectivity index (χ1v) is 6.55. The zero-order chi connectivity index (χ0) is 12.3. The highest BCUT2D eigenvalue weighted by atomic mass is 79.9. The molecule has 1 aliphatic heterocycles. The summed E-state index contributed by atoms with van der Waals surface area (Å²) in [6.07, 6.45) is 5.31. The van der Waals surface area contributed by atoms with E-state index < -0.39 is 0 Å². The Hall–Kier alpha value is -1.10. The maximum Gasteiger partial charge on any atom is 0.222 e. The van der Waals surface area contributed by atoms with Gasteiger partial charge in [-0.25, -0.2) is 0 Å². The predicted molar refractivity (Wildman–Crippen MR) is 71.0 cm³/mol. The van der Waals surface area contributed by atoms with E-state index in [4.69, 9.17) is 0 Å². The first-order valence-electron chi connectivity index (χ1n) is 5.76. The van der Waals surface area contributed by atoms with Gasteiger partial charge in [0, 0.05) is 43.8 Å². The number of pyridine rings is 1. The molecule has 1 amide bonds. The minimum atomic E-state index is 0.283. The lowest BCUT2D eigenvalue weighted by molar-refractivity contribution is -0.127. The van der Waals surface area contributed by atoms with E-state index in [0.29, 0.717) is 6.42 Å². The molecule has 2 heterocycles. The molecule has 0 atom stereocenters. The van der Waals surface area contributed by atoms with Gasteiger partial charge >= 0.3 is 0 Å². The van der Waals surface area contributed by atoms with Crippen molar-refractivity contribution < 1.29 is 4.79 Å². The molecule has 1 fully saturated rings. The summed E-state index contributed by atoms with van der Waals surface area (Å²) in [6.45, 7) is 2.54. The van der Waals surface area contributed by atoms with Gasteiger partial charge in [-0.05, 0) is 28.4 Å². The first kappa shape index (κ1) is 12.4. The van der Waals surface area contributed by atoms with Crippen LogP contribution in [-0.4, -0.2) is 42.5 Å². The van der Waals surface area contributed by atoms with E-state index >= 15 is 0 Å². The third-order valence-electron chi connectivity index (χ3n) is 3.01. The Balaban J connectivity index is 1.88. The van der Waals surface area contributed by atoms with Crippen LogP contribution in [0, 0.1) is 0 Å². The van der Waals surface area contributed by atoms with Crippen LogP contribution in [0.5, 0.6) is 0 Å². The van der Waals surface area contributed by atoms with Crippen LogP contribution in [-0.2, 0) is 4.79 Å². The van der Waals surface area contributed by atoms with Gasteiger partial charge in [-0.2, -0.15) is 0 Å². The van der Waals surface area contributed by atoms with Gasteiger partial charge in [0.1, 0.15) is 0 Å². The Bertz CT molecular complexity index is 410. The molecule has 2 rings (SSSR count). The molecule has 4 nitrogen and oxygen atoms in total. The number of hydrogen-bond acceptors (Lipinski definition) is 3. The van der Waals surface area contributed by atoms with Crippen LogP contribution in [0.4, 0.5) is 5.69 Å². The fourth-order valence-electron chi connectivity index (χ4n) is 1.95. The number of likely N-dealkylation sites (tertiary alicyclic amines) is 1. The lowest BCUT2D eigenvalue weighted by Crippen LogP contribution is -2.34. The van der Waals surface area contributed by atoms with Crippen LogP contribution in [0.25, 0.3) is 0 Å². The molecule has 92 valence electrons. The standard InChI is InChI=1S/C12H16BrN3O/c1-15(11-7-10(13)8-14-9-11)5-6-16-4-2-3-12(16)17/h7-9H,2-6H2,1H3. The normalized spacial score (nSPS) is 15.4. The second-order valence-corrected chi connectivity index (χ2v) is 5.18. The van der Waals surface area contributed by atoms with Crippen LogP contribution in [0.3, 0.4) is 0 Å². The van der Waals surface area contributed by atoms with E-state index in [0.717, 1.165) is 36.2 Å². The second kappa shape index (κ2) is 5.49. The van der Waals surface area contributed by atoms with E-state index in [-0.39, 0.29) is 5.91 Å². The van der Waals surface area contributed by atoms with E-state index in [1.807, 2.05) is 24.2 Å². The molecule has 1 aromatic rings. The summed E-state index contributed by atoms with van der Waals surface area (Å²) >= 11 is 3.40. The lowest BCUT2D eigenvalue weighted by atomic mass is 10.3. The SMILES string of the molecule is CN(CCN1CCCC1=O)c1cncc(Br)c1. The zero-order valence-corrected chi connectivity index (χ0v) is 11.5. The Kier molecular flexibility index (Phi) is 3.99. The van der Waals surface area contributed by atoms with Gasteiger partial charge in [0.05, 0.1) is 11.9 Å². The van der Waals surface area contributed by atoms with Crippen molar-refractivity contribution in [3.05, 3.63) is 22.9 Å². The summed E-state index contributed by atoms with van der Waals surface area (Å²) in [4.78, 5) is 19.6. The first-order chi connectivity index (χ1) is 8.16. The van der Waals surface area contributed by atoms with Crippen LogP contribution < -0.4 is 4.90 Å². The number of amides is 1. The van der Waals surface area contributed by atoms with Crippen molar-refractivity contribution >= 4 is 27.5 Å².